The normalized spacial score (nSPS) is 21.6. The summed E-state index contributed by atoms with van der Waals surface area (Å²) in [6.07, 6.45) is 9.28. The van der Waals surface area contributed by atoms with E-state index in [1.54, 1.807) is 0 Å². The molecule has 2 aromatic heterocycles. The zero-order valence-electron chi connectivity index (χ0n) is 14.4. The minimum atomic E-state index is -0.206. The van der Waals surface area contributed by atoms with Gasteiger partial charge in [-0.1, -0.05) is 6.07 Å². The molecule has 1 amide bonds. The Morgan fingerprint density at radius 3 is 2.76 bits per heavy atom. The Kier molecular flexibility index (Phi) is 4.78. The smallest absolute Gasteiger partial charge is 0.251 e. The van der Waals surface area contributed by atoms with Crippen molar-refractivity contribution in [3.05, 3.63) is 48.3 Å². The summed E-state index contributed by atoms with van der Waals surface area (Å²) in [4.78, 5) is 23.4. The van der Waals surface area contributed by atoms with Crippen molar-refractivity contribution in [1.29, 1.82) is 0 Å². The lowest BCUT2D eigenvalue weighted by atomic mass is 9.95. The molecule has 6 nitrogen and oxygen atoms in total. The molecule has 0 spiro atoms. The first-order valence-electron chi connectivity index (χ1n) is 9.12. The second kappa shape index (κ2) is 7.35. The third-order valence-electron chi connectivity index (χ3n) is 5.18. The van der Waals surface area contributed by atoms with E-state index in [9.17, 15) is 4.79 Å². The van der Waals surface area contributed by atoms with E-state index in [2.05, 4.69) is 14.5 Å². The van der Waals surface area contributed by atoms with Crippen molar-refractivity contribution in [3.8, 4) is 0 Å². The predicted octanol–water partition coefficient (Wildman–Crippen LogP) is 2.21. The molecular weight excluding hydrogens is 316 g/mol. The molecule has 2 aliphatic heterocycles. The molecule has 2 aliphatic rings. The van der Waals surface area contributed by atoms with Crippen LogP contribution in [-0.2, 0) is 16.1 Å². The van der Waals surface area contributed by atoms with E-state index >= 15 is 0 Å². The number of hydrogen-bond acceptors (Lipinski definition) is 4. The number of nitrogens with zero attached hydrogens (tertiary/aromatic N) is 4. The highest BCUT2D eigenvalue weighted by atomic mass is 16.5. The van der Waals surface area contributed by atoms with Crippen molar-refractivity contribution in [2.45, 2.75) is 44.2 Å². The maximum absolute atomic E-state index is 12.5. The number of aromatic nitrogens is 3. The molecule has 0 unspecified atom stereocenters. The van der Waals surface area contributed by atoms with Gasteiger partial charge in [0, 0.05) is 44.2 Å². The Bertz CT molecular complexity index is 701. The van der Waals surface area contributed by atoms with Crippen LogP contribution < -0.4 is 0 Å². The highest BCUT2D eigenvalue weighted by Gasteiger charge is 2.32. The first kappa shape index (κ1) is 16.3. The fraction of sp³-hybridized carbons (Fsp3) is 0.526. The van der Waals surface area contributed by atoms with Crippen LogP contribution in [0.4, 0.5) is 0 Å². The summed E-state index contributed by atoms with van der Waals surface area (Å²) in [6.45, 7) is 3.04. The average Bonchev–Trinajstić information content (AvgIpc) is 3.34. The molecule has 0 radical (unpaired) electrons. The highest BCUT2D eigenvalue weighted by Crippen LogP contribution is 2.28. The Morgan fingerprint density at radius 1 is 1.16 bits per heavy atom. The quantitative estimate of drug-likeness (QED) is 0.856. The average molecular weight is 340 g/mol. The van der Waals surface area contributed by atoms with Crippen LogP contribution in [0.2, 0.25) is 0 Å². The number of imidazole rings is 1. The van der Waals surface area contributed by atoms with E-state index in [0.29, 0.717) is 5.92 Å². The Morgan fingerprint density at radius 2 is 2.04 bits per heavy atom. The van der Waals surface area contributed by atoms with Gasteiger partial charge in [-0.25, -0.2) is 4.98 Å². The molecule has 0 aliphatic carbocycles. The largest absolute Gasteiger partial charge is 0.368 e. The minimum absolute atomic E-state index is 0.174. The van der Waals surface area contributed by atoms with Gasteiger partial charge in [-0.15, -0.1) is 0 Å². The molecule has 132 valence electrons. The lowest BCUT2D eigenvalue weighted by Gasteiger charge is -2.33. The predicted molar refractivity (Wildman–Crippen MR) is 93.1 cm³/mol. The summed E-state index contributed by atoms with van der Waals surface area (Å²) in [6, 6.07) is 5.97. The van der Waals surface area contributed by atoms with E-state index < -0.39 is 0 Å². The molecule has 0 aromatic carbocycles. The molecule has 6 heteroatoms. The number of hydrogen-bond donors (Lipinski definition) is 0. The van der Waals surface area contributed by atoms with Crippen molar-refractivity contribution in [2.24, 2.45) is 0 Å². The molecule has 4 heterocycles. The van der Waals surface area contributed by atoms with Gasteiger partial charge >= 0.3 is 0 Å². The second-order valence-corrected chi connectivity index (χ2v) is 6.84. The van der Waals surface area contributed by atoms with Crippen molar-refractivity contribution in [3.63, 3.8) is 0 Å². The maximum Gasteiger partial charge on any atom is 0.251 e. The number of carbonyl (C=O) groups excluding carboxylic acids is 1. The van der Waals surface area contributed by atoms with E-state index in [4.69, 9.17) is 4.74 Å². The van der Waals surface area contributed by atoms with E-state index in [1.807, 2.05) is 41.7 Å². The molecule has 0 bridgehead atoms. The number of likely N-dealkylation sites (tertiary alicyclic amines) is 1. The Balaban J connectivity index is 1.38. The number of rotatable bonds is 4. The van der Waals surface area contributed by atoms with Crippen molar-refractivity contribution >= 4 is 5.91 Å². The maximum atomic E-state index is 12.5. The lowest BCUT2D eigenvalue weighted by Crippen LogP contribution is -2.43. The van der Waals surface area contributed by atoms with Crippen LogP contribution in [0.1, 0.15) is 43.1 Å². The van der Waals surface area contributed by atoms with Crippen LogP contribution in [0, 0.1) is 0 Å². The van der Waals surface area contributed by atoms with Gasteiger partial charge in [0.1, 0.15) is 11.9 Å². The molecular formula is C19H24N4O2. The van der Waals surface area contributed by atoms with Gasteiger partial charge < -0.3 is 14.2 Å². The molecule has 1 atom stereocenters. The number of amides is 1. The first-order chi connectivity index (χ1) is 12.3. The molecule has 2 saturated heterocycles. The van der Waals surface area contributed by atoms with Crippen LogP contribution in [0.3, 0.4) is 0 Å². The number of piperidine rings is 1. The highest BCUT2D eigenvalue weighted by molar-refractivity contribution is 5.81. The van der Waals surface area contributed by atoms with Crippen molar-refractivity contribution in [1.82, 2.24) is 19.4 Å². The molecule has 4 rings (SSSR count). The van der Waals surface area contributed by atoms with Crippen molar-refractivity contribution in [2.75, 3.05) is 19.7 Å². The van der Waals surface area contributed by atoms with E-state index in [1.165, 1.54) is 0 Å². The zero-order chi connectivity index (χ0) is 17.1. The standard InChI is InChI=1S/C19H24N4O2/c24-19(17-5-3-13-25-17)22-10-6-15(7-11-22)18-21-9-12-23(18)14-16-4-1-2-8-20-16/h1-2,4,8-9,12,15,17H,3,5-7,10-11,13-14H2/t17-/m1/s1. The summed E-state index contributed by atoms with van der Waals surface area (Å²) in [7, 11) is 0. The van der Waals surface area contributed by atoms with Gasteiger partial charge in [0.15, 0.2) is 0 Å². The van der Waals surface area contributed by atoms with Gasteiger partial charge in [-0.2, -0.15) is 0 Å². The molecule has 2 aromatic rings. The SMILES string of the molecule is O=C([C@H]1CCCO1)N1CCC(c2nccn2Cc2ccccn2)CC1. The monoisotopic (exact) mass is 340 g/mol. The van der Waals surface area contributed by atoms with Crippen LogP contribution in [-0.4, -0.2) is 51.1 Å². The fourth-order valence-corrected chi connectivity index (χ4v) is 3.81. The van der Waals surface area contributed by atoms with Crippen LogP contribution in [0.15, 0.2) is 36.8 Å². The molecule has 25 heavy (non-hydrogen) atoms. The molecule has 0 N–H and O–H groups in total. The second-order valence-electron chi connectivity index (χ2n) is 6.84. The van der Waals surface area contributed by atoms with Crippen LogP contribution in [0.25, 0.3) is 0 Å². The molecule has 0 saturated carbocycles. The van der Waals surface area contributed by atoms with Crippen LogP contribution >= 0.6 is 0 Å². The third kappa shape index (κ3) is 3.58. The number of pyridine rings is 1. The van der Waals surface area contributed by atoms with Gasteiger partial charge in [0.2, 0.25) is 0 Å². The zero-order valence-corrected chi connectivity index (χ0v) is 14.4. The molecule has 2 fully saturated rings. The van der Waals surface area contributed by atoms with Gasteiger partial charge in [-0.05, 0) is 37.8 Å². The lowest BCUT2D eigenvalue weighted by molar-refractivity contribution is -0.142. The number of carbonyl (C=O) groups is 1. The van der Waals surface area contributed by atoms with Gasteiger partial charge in [0.25, 0.3) is 5.91 Å². The van der Waals surface area contributed by atoms with E-state index in [-0.39, 0.29) is 12.0 Å². The fourth-order valence-electron chi connectivity index (χ4n) is 3.81. The van der Waals surface area contributed by atoms with E-state index in [0.717, 1.165) is 63.4 Å². The Labute approximate surface area is 147 Å². The Hall–Kier alpha value is -2.21. The summed E-state index contributed by atoms with van der Waals surface area (Å²) in [5, 5.41) is 0. The summed E-state index contributed by atoms with van der Waals surface area (Å²) >= 11 is 0. The van der Waals surface area contributed by atoms with Gasteiger partial charge in [-0.3, -0.25) is 9.78 Å². The van der Waals surface area contributed by atoms with Crippen molar-refractivity contribution < 1.29 is 9.53 Å². The third-order valence-corrected chi connectivity index (χ3v) is 5.18. The first-order valence-corrected chi connectivity index (χ1v) is 9.12. The summed E-state index contributed by atoms with van der Waals surface area (Å²) < 4.78 is 7.72. The summed E-state index contributed by atoms with van der Waals surface area (Å²) in [5.41, 5.74) is 1.03. The van der Waals surface area contributed by atoms with Crippen LogP contribution in [0.5, 0.6) is 0 Å². The minimum Gasteiger partial charge on any atom is -0.368 e. The van der Waals surface area contributed by atoms with Gasteiger partial charge in [0.05, 0.1) is 12.2 Å². The number of ether oxygens (including phenoxy) is 1. The topological polar surface area (TPSA) is 60.2 Å². The summed E-state index contributed by atoms with van der Waals surface area (Å²) in [5.74, 6) is 1.68.